The predicted molar refractivity (Wildman–Crippen MR) is 538 cm³/mol. The van der Waals surface area contributed by atoms with Crippen molar-refractivity contribution in [3.8, 4) is 5.75 Å². The van der Waals surface area contributed by atoms with Gasteiger partial charge in [-0.3, -0.25) is 62.5 Å². The van der Waals surface area contributed by atoms with Crippen molar-refractivity contribution in [2.45, 2.75) is 223 Å². The molecule has 0 spiro atoms. The van der Waals surface area contributed by atoms with Crippen molar-refractivity contribution in [2.24, 2.45) is 29.6 Å². The Morgan fingerprint density at radius 1 is 0.432 bits per heavy atom. The number of rotatable bonds is 34. The number of hydrogen-bond acceptors (Lipinski definition) is 41. The van der Waals surface area contributed by atoms with E-state index < -0.39 is 166 Å². The van der Waals surface area contributed by atoms with Gasteiger partial charge in [0.2, 0.25) is 47.5 Å². The number of aliphatic hydroxyl groups excluding tert-OH is 6. The Morgan fingerprint density at radius 2 is 0.716 bits per heavy atom. The molecule has 11 aromatic rings. The number of ether oxygens (including phenoxy) is 6. The average Bonchev–Trinajstić information content (AvgIpc) is 1.60. The highest BCUT2D eigenvalue weighted by atomic mass is 35.5. The van der Waals surface area contributed by atoms with E-state index in [9.17, 15) is 63.2 Å². The number of amides is 3. The maximum Gasteiger partial charge on any atom is 0.459 e. The van der Waals surface area contributed by atoms with Gasteiger partial charge in [0.15, 0.2) is 147 Å². The molecule has 5 fully saturated rings. The van der Waals surface area contributed by atoms with Crippen LogP contribution in [0.3, 0.4) is 0 Å². The van der Waals surface area contributed by atoms with Crippen LogP contribution in [0.25, 0.3) is 55.8 Å². The van der Waals surface area contributed by atoms with Gasteiger partial charge in [-0.05, 0) is 45.7 Å². The molecule has 0 saturated carbocycles. The van der Waals surface area contributed by atoms with E-state index >= 15 is 13.2 Å². The number of alkyl halides is 9. The number of hydrogen-bond donors (Lipinski definition) is 17. The Hall–Kier alpha value is -11.2. The minimum absolute atomic E-state index is 0.0111. The summed E-state index contributed by atoms with van der Waals surface area (Å²) in [5, 5.41) is 84.9. The van der Waals surface area contributed by atoms with Gasteiger partial charge in [0.25, 0.3) is 0 Å². The molecule has 0 unspecified atom stereocenters. The third-order valence-electron chi connectivity index (χ3n) is 25.7. The zero-order chi connectivity index (χ0) is 109. The first-order valence-electron chi connectivity index (χ1n) is 46.9. The second-order valence-electron chi connectivity index (χ2n) is 36.6. The zero-order valence-electron chi connectivity index (χ0n) is 83.8. The van der Waals surface area contributed by atoms with Crippen LogP contribution < -0.4 is 63.6 Å². The molecule has 812 valence electrons. The average molecular weight is 2190 g/mol. The van der Waals surface area contributed by atoms with E-state index in [1.54, 1.807) is 127 Å². The Labute approximate surface area is 864 Å². The number of para-hydroxylation sites is 1. The monoisotopic (exact) mass is 2180 g/mol. The molecule has 0 bridgehead atoms. The van der Waals surface area contributed by atoms with Gasteiger partial charge in [0.1, 0.15) is 46.9 Å². The molecule has 5 aliphatic heterocycles. The maximum atomic E-state index is 15.6. The lowest BCUT2D eigenvalue weighted by molar-refractivity contribution is -0.149. The number of nitrogens with zero attached hydrogens (tertiary/aromatic N) is 20. The summed E-state index contributed by atoms with van der Waals surface area (Å²) in [6.07, 6.45) is -11.9. The van der Waals surface area contributed by atoms with E-state index in [1.165, 1.54) is 69.0 Å². The Balaban J connectivity index is 0.000000166. The van der Waals surface area contributed by atoms with E-state index in [0.29, 0.717) is 80.8 Å². The molecule has 5 aliphatic rings. The summed E-state index contributed by atoms with van der Waals surface area (Å²) >= 11 is 23.9. The third kappa shape index (κ3) is 23.1. The molecule has 16 rings (SSSR count). The molecule has 0 radical (unpaired) electrons. The fraction of sp³-hybridized carbons (Fsp3) is 0.602. The number of nitrogens with two attached hydrogens (primary N) is 2. The molecule has 3 amide bonds. The van der Waals surface area contributed by atoms with Crippen LogP contribution in [0.5, 0.6) is 5.75 Å². The van der Waals surface area contributed by atoms with Crippen molar-refractivity contribution < 1.29 is 114 Å². The van der Waals surface area contributed by atoms with Crippen molar-refractivity contribution in [2.75, 3.05) is 139 Å². The predicted octanol–water partition coefficient (Wildman–Crippen LogP) is 8.56. The maximum absolute atomic E-state index is 15.6. The fourth-order valence-electron chi connectivity index (χ4n) is 16.5. The third-order valence-corrected chi connectivity index (χ3v) is 29.1. The van der Waals surface area contributed by atoms with Crippen LogP contribution in [0.15, 0.2) is 62.0 Å². The second-order valence-corrected chi connectivity index (χ2v) is 39.3. The highest BCUT2D eigenvalue weighted by molar-refractivity contribution is 7.52. The number of nitrogens with one attached hydrogen (secondary N) is 9. The number of esters is 1. The van der Waals surface area contributed by atoms with Crippen molar-refractivity contribution in [1.29, 1.82) is 0 Å². The SMILES string of the molecule is CC[C@@]1(CCl)O[C@@H](n2cnc3c(NC)nc(NC(=O)C(C)C)nc32)[C@H](F)[C@@H]1C.CC[C@@]1(CO)O[C@@H](n2cnc3c(NC)nc(NC(=O)C(C)C)nc32)[C@H](F)[C@@H]1C.CNc1nc(N)nc2c1ncn2[C@@H]1O[C@@](CO)(CCl)[C@@H](O)[C@H]1F.CNc1nc(N)nc2c1ncn2[C@@H]1O[C@](CCl)(CO[P@@](=O)(N[C@@H](C)C(=O)OC(C)C)Oc2ccccc2)[C@@H](O)[C@H]1F.CNc1nc(NC(=O)C(C)C)nc2c1ncn2[C@@H]1O[C@@](CO)(CCl)[C@@H](O)[C@H]1F. The number of imidazole rings is 5. The van der Waals surface area contributed by atoms with Crippen molar-refractivity contribution in [3.63, 3.8) is 0 Å². The summed E-state index contributed by atoms with van der Waals surface area (Å²) in [7, 11) is 3.86. The highest BCUT2D eigenvalue weighted by Gasteiger charge is 2.61. The first-order valence-corrected chi connectivity index (χ1v) is 50.6. The lowest BCUT2D eigenvalue weighted by Gasteiger charge is -2.31. The van der Waals surface area contributed by atoms with Crippen LogP contribution in [0, 0.1) is 29.6 Å². The molecule has 22 atom stereocenters. The summed E-state index contributed by atoms with van der Waals surface area (Å²) < 4.78 is 142. The molecular formula is C88H123Cl4F5N31O19P. The molecular weight excluding hydrogens is 2060 g/mol. The first-order chi connectivity index (χ1) is 70.2. The summed E-state index contributed by atoms with van der Waals surface area (Å²) in [5.74, 6) is -1.82. The summed E-state index contributed by atoms with van der Waals surface area (Å²) in [5.41, 5.74) is 7.77. The van der Waals surface area contributed by atoms with Gasteiger partial charge >= 0.3 is 13.7 Å². The van der Waals surface area contributed by atoms with Crippen LogP contribution in [0.4, 0.5) is 80.8 Å². The van der Waals surface area contributed by atoms with E-state index in [2.05, 4.69) is 122 Å². The van der Waals surface area contributed by atoms with Crippen molar-refractivity contribution >= 4 is 192 Å². The number of halogens is 9. The number of anilines is 10. The number of fused-ring (bicyclic) bond motifs is 5. The summed E-state index contributed by atoms with van der Waals surface area (Å²) in [6, 6.07) is 6.93. The zero-order valence-corrected chi connectivity index (χ0v) is 87.7. The molecule has 5 saturated heterocycles. The minimum Gasteiger partial charge on any atom is -0.462 e. The number of carbonyl (C=O) groups is 4. The van der Waals surface area contributed by atoms with Gasteiger partial charge in [-0.15, -0.1) is 46.4 Å². The fourth-order valence-corrected chi connectivity index (χ4v) is 19.4. The molecule has 1 aromatic carbocycles. The van der Waals surface area contributed by atoms with Gasteiger partial charge in [-0.2, -0.15) is 54.9 Å². The Bertz CT molecular complexity index is 6160. The van der Waals surface area contributed by atoms with Gasteiger partial charge in [0.05, 0.1) is 98.9 Å². The molecule has 15 heterocycles. The van der Waals surface area contributed by atoms with Crippen LogP contribution in [0.1, 0.15) is 134 Å². The summed E-state index contributed by atoms with van der Waals surface area (Å²) in [4.78, 5) is 112. The smallest absolute Gasteiger partial charge is 0.459 e. The molecule has 10 aromatic heterocycles. The van der Waals surface area contributed by atoms with E-state index in [1.807, 2.05) is 13.8 Å². The number of benzene rings is 1. The van der Waals surface area contributed by atoms with Gasteiger partial charge in [-0.1, -0.05) is 87.4 Å². The van der Waals surface area contributed by atoms with Gasteiger partial charge in [-0.25, -0.2) is 51.4 Å². The molecule has 50 nitrogen and oxygen atoms in total. The normalized spacial score (nSPS) is 27.3. The quantitative estimate of drug-likeness (QED) is 0.00776. The molecule has 148 heavy (non-hydrogen) atoms. The van der Waals surface area contributed by atoms with Crippen LogP contribution >= 0.6 is 54.2 Å². The lowest BCUT2D eigenvalue weighted by Crippen LogP contribution is -2.48. The lowest BCUT2D eigenvalue weighted by atomic mass is 9.86. The standard InChI is InChI=1S/C24H32ClFN7O7P.C18H26ClFN6O2.C18H27FN6O3.C16H22ClFN6O4.C12H16ClFN6O3/c1-13(2)38-22(35)14(3)32-41(36,40-15-8-6-5-7-9-15)37-11-24(10-25)18(34)16(26)21(39-24)33-12-29-17-19(28-4)30-23(27)31-20(17)33;1-6-18(7-19)10(4)11(20)16(28-18)26-8-22-12-13(21-5)23-17(24-14(12)26)25-15(27)9(2)3;1-6-18(7-26)10(4)11(19)16(28-18)25-8-21-12-13(20-5)22-17(23-14(12)25)24-15(27)9(2)3;1-7(2)13(27)23-15-21-11(19-3)9-12(22-15)24(6-20-9)14-8(18)10(26)16(4-17,5-25)28-14;1-16-8-6-9(19-11(15)18-8)20(4-17-6)10-5(14)7(22)12(2-13,3-21)23-10/h5-9,12-14,16,18,21,34H,10-11H2,1-4H3,(H,32,36)(H3,27,28,30,31);8-11,16H,6-7H2,1-5H3,(H2,21,23,24,25,27);8-11,16,26H,6-7H2,1-5H3,(H2,20,22,23,24,27);6-8,10,14,25-26H,4-5H2,1-3H3,(H2,19,21,22,23,27);4-5,7,10,21-22H,2-3H2,1H3,(H3,15,16,18,19)/t14-,16+,18-,21+,24+,41-;2*10-,11+,16+,18-;8-,10+,14-,16-;5-,7+,10-,12-/m00011/s1. The van der Waals surface area contributed by atoms with Crippen molar-refractivity contribution in [3.05, 3.63) is 62.0 Å². The van der Waals surface area contributed by atoms with E-state index in [-0.39, 0.29) is 118 Å². The van der Waals surface area contributed by atoms with Gasteiger partial charge < -0.3 is 102 Å². The van der Waals surface area contributed by atoms with Crippen LogP contribution in [0.2, 0.25) is 0 Å². The van der Waals surface area contributed by atoms with Gasteiger partial charge in [0, 0.05) is 64.8 Å². The topological polar surface area (TPSA) is 659 Å². The van der Waals surface area contributed by atoms with Crippen molar-refractivity contribution in [1.82, 2.24) is 103 Å². The second kappa shape index (κ2) is 48.0. The Morgan fingerprint density at radius 3 is 0.993 bits per heavy atom. The first kappa shape index (κ1) is 115. The largest absolute Gasteiger partial charge is 0.462 e. The number of aliphatic hydroxyl groups is 6. The number of nitrogen functional groups attached to an aromatic ring is 2. The Kier molecular flexibility index (Phi) is 37.4. The van der Waals surface area contributed by atoms with Crippen LogP contribution in [-0.4, -0.2) is 326 Å². The molecule has 0 aliphatic carbocycles. The summed E-state index contributed by atoms with van der Waals surface area (Å²) in [6.45, 7) is 20.3. The van der Waals surface area contributed by atoms with Crippen LogP contribution in [-0.2, 0) is 56.7 Å². The number of carbonyl (C=O) groups excluding carboxylic acids is 4. The number of aromatic nitrogens is 20. The minimum atomic E-state index is -4.37. The van der Waals surface area contributed by atoms with E-state index in [0.717, 1.165) is 0 Å². The highest BCUT2D eigenvalue weighted by Crippen LogP contribution is 2.53. The molecule has 19 N–H and O–H groups in total. The van der Waals surface area contributed by atoms with E-state index in [4.69, 9.17) is 95.3 Å². The molecule has 60 heteroatoms.